The standard InChI is InChI=1S/C13H21N5O/c1-17(12(19)13(14)6-2-3-7-13)9-11-16-15-10-5-4-8-18(10)11/h2-9,14H2,1H3. The van der Waals surface area contributed by atoms with Crippen LogP contribution in [0.25, 0.3) is 0 Å². The van der Waals surface area contributed by atoms with E-state index in [0.717, 1.165) is 56.7 Å². The maximum atomic E-state index is 12.4. The number of nitrogens with zero attached hydrogens (tertiary/aromatic N) is 4. The van der Waals surface area contributed by atoms with Gasteiger partial charge in [-0.15, -0.1) is 10.2 Å². The molecule has 1 amide bonds. The summed E-state index contributed by atoms with van der Waals surface area (Å²) in [7, 11) is 1.81. The van der Waals surface area contributed by atoms with Crippen LogP contribution >= 0.6 is 0 Å². The van der Waals surface area contributed by atoms with Gasteiger partial charge in [0.25, 0.3) is 0 Å². The number of hydrogen-bond donors (Lipinski definition) is 1. The first-order valence-corrected chi connectivity index (χ1v) is 7.05. The van der Waals surface area contributed by atoms with Crippen LogP contribution in [-0.4, -0.2) is 38.2 Å². The fraction of sp³-hybridized carbons (Fsp3) is 0.769. The molecule has 2 aliphatic rings. The molecule has 1 saturated carbocycles. The Kier molecular flexibility index (Phi) is 3.05. The van der Waals surface area contributed by atoms with Gasteiger partial charge in [0.1, 0.15) is 5.82 Å². The molecule has 104 valence electrons. The smallest absolute Gasteiger partial charge is 0.242 e. The van der Waals surface area contributed by atoms with Crippen LogP contribution in [0.3, 0.4) is 0 Å². The van der Waals surface area contributed by atoms with Gasteiger partial charge in [-0.1, -0.05) is 12.8 Å². The Labute approximate surface area is 113 Å². The SMILES string of the molecule is CN(Cc1nnc2n1CCC2)C(=O)C1(N)CCCC1. The second kappa shape index (κ2) is 4.59. The van der Waals surface area contributed by atoms with E-state index >= 15 is 0 Å². The fourth-order valence-electron chi connectivity index (χ4n) is 3.21. The third kappa shape index (κ3) is 2.14. The van der Waals surface area contributed by atoms with Crippen LogP contribution < -0.4 is 5.73 Å². The average molecular weight is 263 g/mol. The molecule has 2 heterocycles. The molecule has 0 unspecified atom stereocenters. The summed E-state index contributed by atoms with van der Waals surface area (Å²) in [4.78, 5) is 14.1. The lowest BCUT2D eigenvalue weighted by Crippen LogP contribution is -2.52. The van der Waals surface area contributed by atoms with Gasteiger partial charge in [0.15, 0.2) is 5.82 Å². The summed E-state index contributed by atoms with van der Waals surface area (Å²) in [5, 5.41) is 8.36. The Hall–Kier alpha value is -1.43. The number of amides is 1. The molecule has 3 rings (SSSR count). The van der Waals surface area contributed by atoms with Crippen molar-refractivity contribution in [3.8, 4) is 0 Å². The molecule has 0 atom stereocenters. The summed E-state index contributed by atoms with van der Waals surface area (Å²) >= 11 is 0. The monoisotopic (exact) mass is 263 g/mol. The number of hydrogen-bond acceptors (Lipinski definition) is 4. The van der Waals surface area contributed by atoms with Crippen molar-refractivity contribution in [2.75, 3.05) is 7.05 Å². The molecule has 1 aromatic heterocycles. The second-order valence-electron chi connectivity index (χ2n) is 5.81. The van der Waals surface area contributed by atoms with E-state index in [1.165, 1.54) is 0 Å². The number of likely N-dealkylation sites (N-methyl/N-ethyl adjacent to an activating group) is 1. The molecule has 2 N–H and O–H groups in total. The van der Waals surface area contributed by atoms with Gasteiger partial charge in [-0.2, -0.15) is 0 Å². The van der Waals surface area contributed by atoms with Crippen molar-refractivity contribution in [3.05, 3.63) is 11.6 Å². The first-order valence-electron chi connectivity index (χ1n) is 7.05. The van der Waals surface area contributed by atoms with E-state index in [0.29, 0.717) is 6.54 Å². The Bertz CT molecular complexity index is 489. The number of nitrogens with two attached hydrogens (primary N) is 1. The average Bonchev–Trinajstić information content (AvgIpc) is 3.07. The van der Waals surface area contributed by atoms with Crippen molar-refractivity contribution in [2.45, 2.75) is 57.2 Å². The first kappa shape index (κ1) is 12.6. The number of rotatable bonds is 3. The molecule has 6 nitrogen and oxygen atoms in total. The summed E-state index contributed by atoms with van der Waals surface area (Å²) in [6.45, 7) is 1.47. The molecule has 1 aliphatic heterocycles. The molecule has 0 aromatic carbocycles. The van der Waals surface area contributed by atoms with Crippen molar-refractivity contribution in [1.29, 1.82) is 0 Å². The van der Waals surface area contributed by atoms with Gasteiger partial charge in [0, 0.05) is 20.0 Å². The minimum Gasteiger partial charge on any atom is -0.337 e. The predicted octanol–water partition coefficient (Wildman–Crippen LogP) is 0.454. The largest absolute Gasteiger partial charge is 0.337 e. The first-order chi connectivity index (χ1) is 9.10. The van der Waals surface area contributed by atoms with Gasteiger partial charge >= 0.3 is 0 Å². The lowest BCUT2D eigenvalue weighted by atomic mass is 9.97. The minimum atomic E-state index is -0.650. The Morgan fingerprint density at radius 3 is 2.84 bits per heavy atom. The Morgan fingerprint density at radius 2 is 2.11 bits per heavy atom. The zero-order chi connectivity index (χ0) is 13.5. The van der Waals surface area contributed by atoms with Crippen molar-refractivity contribution >= 4 is 5.91 Å². The van der Waals surface area contributed by atoms with Crippen LogP contribution in [0.4, 0.5) is 0 Å². The summed E-state index contributed by atoms with van der Waals surface area (Å²) in [5.74, 6) is 1.96. The van der Waals surface area contributed by atoms with Gasteiger partial charge in [-0.25, -0.2) is 0 Å². The highest BCUT2D eigenvalue weighted by Crippen LogP contribution is 2.29. The van der Waals surface area contributed by atoms with Crippen molar-refractivity contribution < 1.29 is 4.79 Å². The lowest BCUT2D eigenvalue weighted by molar-refractivity contribution is -0.136. The van der Waals surface area contributed by atoms with E-state index in [9.17, 15) is 4.79 Å². The molecule has 0 spiro atoms. The second-order valence-corrected chi connectivity index (χ2v) is 5.81. The van der Waals surface area contributed by atoms with Gasteiger partial charge in [0.05, 0.1) is 12.1 Å². The maximum absolute atomic E-state index is 12.4. The van der Waals surface area contributed by atoms with Crippen LogP contribution in [0.1, 0.15) is 43.8 Å². The highest BCUT2D eigenvalue weighted by Gasteiger charge is 2.39. The van der Waals surface area contributed by atoms with Crippen LogP contribution in [0.15, 0.2) is 0 Å². The van der Waals surface area contributed by atoms with Gasteiger partial charge < -0.3 is 15.2 Å². The van der Waals surface area contributed by atoms with Crippen LogP contribution in [0, 0.1) is 0 Å². The van der Waals surface area contributed by atoms with Crippen LogP contribution in [0.5, 0.6) is 0 Å². The summed E-state index contributed by atoms with van der Waals surface area (Å²) < 4.78 is 2.13. The molecule has 1 aromatic rings. The van der Waals surface area contributed by atoms with E-state index in [-0.39, 0.29) is 5.91 Å². The van der Waals surface area contributed by atoms with E-state index < -0.39 is 5.54 Å². The van der Waals surface area contributed by atoms with Crippen LogP contribution in [-0.2, 0) is 24.3 Å². The van der Waals surface area contributed by atoms with Crippen molar-refractivity contribution in [3.63, 3.8) is 0 Å². The molecule has 0 radical (unpaired) electrons. The van der Waals surface area contributed by atoms with Gasteiger partial charge in [0.2, 0.25) is 5.91 Å². The van der Waals surface area contributed by atoms with Crippen LogP contribution in [0.2, 0.25) is 0 Å². The zero-order valence-electron chi connectivity index (χ0n) is 11.4. The highest BCUT2D eigenvalue weighted by atomic mass is 16.2. The summed E-state index contributed by atoms with van der Waals surface area (Å²) in [6, 6.07) is 0. The van der Waals surface area contributed by atoms with Gasteiger partial charge in [-0.05, 0) is 19.3 Å². The third-order valence-corrected chi connectivity index (χ3v) is 4.33. The minimum absolute atomic E-state index is 0.0420. The number of carbonyl (C=O) groups is 1. The molecule has 6 heteroatoms. The molecule has 1 fully saturated rings. The number of aryl methyl sites for hydroxylation is 1. The highest BCUT2D eigenvalue weighted by molar-refractivity contribution is 5.86. The summed E-state index contributed by atoms with van der Waals surface area (Å²) in [6.07, 6.45) is 5.82. The lowest BCUT2D eigenvalue weighted by Gasteiger charge is -2.28. The van der Waals surface area contributed by atoms with Crippen molar-refractivity contribution in [2.24, 2.45) is 5.73 Å². The predicted molar refractivity (Wildman–Crippen MR) is 70.2 cm³/mol. The molecular formula is C13H21N5O. The Balaban J connectivity index is 1.70. The van der Waals surface area contributed by atoms with E-state index in [1.54, 1.807) is 4.90 Å². The molecule has 1 aliphatic carbocycles. The molecule has 0 bridgehead atoms. The number of aromatic nitrogens is 3. The molecule has 19 heavy (non-hydrogen) atoms. The summed E-state index contributed by atoms with van der Waals surface area (Å²) in [5.41, 5.74) is 5.56. The number of carbonyl (C=O) groups excluding carboxylic acids is 1. The van der Waals surface area contributed by atoms with E-state index in [1.807, 2.05) is 7.05 Å². The number of fused-ring (bicyclic) bond motifs is 1. The Morgan fingerprint density at radius 1 is 1.37 bits per heavy atom. The topological polar surface area (TPSA) is 77.0 Å². The fourth-order valence-corrected chi connectivity index (χ4v) is 3.21. The van der Waals surface area contributed by atoms with E-state index in [4.69, 9.17) is 5.73 Å². The molecular weight excluding hydrogens is 242 g/mol. The van der Waals surface area contributed by atoms with Gasteiger partial charge in [-0.3, -0.25) is 4.79 Å². The van der Waals surface area contributed by atoms with Crippen molar-refractivity contribution in [1.82, 2.24) is 19.7 Å². The molecule has 0 saturated heterocycles. The quantitative estimate of drug-likeness (QED) is 0.859. The van der Waals surface area contributed by atoms with E-state index in [2.05, 4.69) is 14.8 Å². The maximum Gasteiger partial charge on any atom is 0.242 e. The normalized spacial score (nSPS) is 20.5. The zero-order valence-corrected chi connectivity index (χ0v) is 11.4. The third-order valence-electron chi connectivity index (χ3n) is 4.33.